The van der Waals surface area contributed by atoms with Gasteiger partial charge in [0.15, 0.2) is 0 Å². The third kappa shape index (κ3) is 3.83. The summed E-state index contributed by atoms with van der Waals surface area (Å²) in [5.74, 6) is -0.114. The summed E-state index contributed by atoms with van der Waals surface area (Å²) in [6.07, 6.45) is 9.63. The minimum atomic E-state index is -0.185. The fraction of sp³-hybridized carbons (Fsp3) is 0.412. The zero-order chi connectivity index (χ0) is 16.1. The minimum absolute atomic E-state index is 0.0705. The van der Waals surface area contributed by atoms with Crippen molar-refractivity contribution < 1.29 is 9.59 Å². The molecule has 0 aromatic carbocycles. The van der Waals surface area contributed by atoms with Gasteiger partial charge in [0.2, 0.25) is 11.8 Å². The van der Waals surface area contributed by atoms with Crippen molar-refractivity contribution in [3.63, 3.8) is 0 Å². The van der Waals surface area contributed by atoms with Gasteiger partial charge in [-0.1, -0.05) is 12.8 Å². The molecule has 0 aliphatic carbocycles. The Morgan fingerprint density at radius 2 is 2.04 bits per heavy atom. The maximum atomic E-state index is 12.3. The van der Waals surface area contributed by atoms with Crippen LogP contribution in [0.1, 0.15) is 32.1 Å². The normalized spacial score (nSPS) is 16.0. The molecule has 0 radical (unpaired) electrons. The number of carbonyl (C=O) groups excluding carboxylic acids is 2. The van der Waals surface area contributed by atoms with E-state index in [2.05, 4.69) is 15.3 Å². The lowest BCUT2D eigenvalue weighted by atomic mass is 10.1. The summed E-state index contributed by atoms with van der Waals surface area (Å²) in [7, 11) is 0. The highest BCUT2D eigenvalue weighted by Crippen LogP contribution is 2.20. The maximum absolute atomic E-state index is 12.3. The standard InChI is InChI=1S/C17H20N4O2/c22-16(12-21-10-4-2-1-3-5-17(21)23)20-15-7-9-19-14-6-8-18-11-13(14)15/h6-9,11H,1-5,10,12H2,(H,19,20,22). The fourth-order valence-corrected chi connectivity index (χ4v) is 2.84. The van der Waals surface area contributed by atoms with Gasteiger partial charge >= 0.3 is 0 Å². The first-order valence-corrected chi connectivity index (χ1v) is 8.00. The van der Waals surface area contributed by atoms with Crippen molar-refractivity contribution in [2.75, 3.05) is 18.4 Å². The highest BCUT2D eigenvalue weighted by Gasteiger charge is 2.18. The first-order valence-electron chi connectivity index (χ1n) is 8.00. The molecule has 1 saturated heterocycles. The Morgan fingerprint density at radius 3 is 2.96 bits per heavy atom. The Bertz CT molecular complexity index is 711. The number of carbonyl (C=O) groups is 2. The van der Waals surface area contributed by atoms with Crippen LogP contribution in [0.25, 0.3) is 10.9 Å². The number of hydrogen-bond acceptors (Lipinski definition) is 4. The number of amides is 2. The van der Waals surface area contributed by atoms with Crippen LogP contribution >= 0.6 is 0 Å². The van der Waals surface area contributed by atoms with Crippen LogP contribution in [-0.4, -0.2) is 39.8 Å². The van der Waals surface area contributed by atoms with Crippen LogP contribution in [0.15, 0.2) is 30.7 Å². The molecule has 23 heavy (non-hydrogen) atoms. The second kappa shape index (κ2) is 7.17. The summed E-state index contributed by atoms with van der Waals surface area (Å²) < 4.78 is 0. The predicted octanol–water partition coefficient (Wildman–Crippen LogP) is 2.36. The van der Waals surface area contributed by atoms with Gasteiger partial charge in [-0.05, 0) is 25.0 Å². The summed E-state index contributed by atoms with van der Waals surface area (Å²) in [4.78, 5) is 34.4. The van der Waals surface area contributed by atoms with Crippen molar-refractivity contribution >= 4 is 28.4 Å². The van der Waals surface area contributed by atoms with Crippen molar-refractivity contribution in [1.29, 1.82) is 0 Å². The lowest BCUT2D eigenvalue weighted by molar-refractivity contribution is -0.135. The quantitative estimate of drug-likeness (QED) is 0.944. The Kier molecular flexibility index (Phi) is 4.80. The lowest BCUT2D eigenvalue weighted by Gasteiger charge is -2.24. The number of pyridine rings is 2. The zero-order valence-electron chi connectivity index (χ0n) is 13.0. The summed E-state index contributed by atoms with van der Waals surface area (Å²) in [6, 6.07) is 3.55. The molecule has 3 rings (SSSR count). The van der Waals surface area contributed by atoms with Crippen molar-refractivity contribution in [3.8, 4) is 0 Å². The van der Waals surface area contributed by atoms with E-state index in [1.165, 1.54) is 0 Å². The SMILES string of the molecule is O=C(CN1CCCCCCC1=O)Nc1ccnc2ccncc12. The van der Waals surface area contributed by atoms with Gasteiger partial charge in [-0.15, -0.1) is 0 Å². The topological polar surface area (TPSA) is 75.2 Å². The van der Waals surface area contributed by atoms with E-state index in [0.29, 0.717) is 18.7 Å². The van der Waals surface area contributed by atoms with Gasteiger partial charge < -0.3 is 10.2 Å². The summed E-state index contributed by atoms with van der Waals surface area (Å²) >= 11 is 0. The van der Waals surface area contributed by atoms with Crippen LogP contribution in [0, 0.1) is 0 Å². The fourth-order valence-electron chi connectivity index (χ4n) is 2.84. The van der Waals surface area contributed by atoms with E-state index in [-0.39, 0.29) is 18.4 Å². The summed E-state index contributed by atoms with van der Waals surface area (Å²) in [5.41, 5.74) is 1.45. The molecule has 0 atom stereocenters. The van der Waals surface area contributed by atoms with Gasteiger partial charge in [-0.25, -0.2) is 0 Å². The number of rotatable bonds is 3. The van der Waals surface area contributed by atoms with Crippen LogP contribution in [0.5, 0.6) is 0 Å². The first kappa shape index (κ1) is 15.4. The second-order valence-electron chi connectivity index (χ2n) is 5.78. The number of nitrogens with one attached hydrogen (secondary N) is 1. The average molecular weight is 312 g/mol. The number of hydrogen-bond donors (Lipinski definition) is 1. The number of anilines is 1. The lowest BCUT2D eigenvalue weighted by Crippen LogP contribution is -2.39. The molecule has 0 saturated carbocycles. The average Bonchev–Trinajstić information content (AvgIpc) is 2.55. The van der Waals surface area contributed by atoms with E-state index in [1.807, 2.05) is 0 Å². The van der Waals surface area contributed by atoms with E-state index in [9.17, 15) is 9.59 Å². The zero-order valence-corrected chi connectivity index (χ0v) is 13.0. The van der Waals surface area contributed by atoms with Gasteiger partial charge in [-0.3, -0.25) is 19.6 Å². The number of aromatic nitrogens is 2. The molecule has 1 aliphatic rings. The molecule has 2 aromatic rings. The Balaban J connectivity index is 1.69. The van der Waals surface area contributed by atoms with Gasteiger partial charge in [0, 0.05) is 36.9 Å². The van der Waals surface area contributed by atoms with E-state index < -0.39 is 0 Å². The molecule has 0 bridgehead atoms. The molecular weight excluding hydrogens is 292 g/mol. The van der Waals surface area contributed by atoms with E-state index >= 15 is 0 Å². The molecule has 120 valence electrons. The van der Waals surface area contributed by atoms with Gasteiger partial charge in [0.05, 0.1) is 17.7 Å². The number of fused-ring (bicyclic) bond motifs is 1. The summed E-state index contributed by atoms with van der Waals surface area (Å²) in [5, 5.41) is 3.67. The Labute approximate surface area is 134 Å². The van der Waals surface area contributed by atoms with Crippen LogP contribution in [-0.2, 0) is 9.59 Å². The smallest absolute Gasteiger partial charge is 0.244 e. The largest absolute Gasteiger partial charge is 0.333 e. The van der Waals surface area contributed by atoms with E-state index in [4.69, 9.17) is 0 Å². The molecule has 1 aliphatic heterocycles. The predicted molar refractivity (Wildman–Crippen MR) is 87.8 cm³/mol. The monoisotopic (exact) mass is 312 g/mol. The molecule has 1 N–H and O–H groups in total. The Hall–Kier alpha value is -2.50. The molecule has 2 amide bonds. The van der Waals surface area contributed by atoms with Crippen molar-refractivity contribution in [2.24, 2.45) is 0 Å². The minimum Gasteiger partial charge on any atom is -0.333 e. The van der Waals surface area contributed by atoms with Crippen molar-refractivity contribution in [2.45, 2.75) is 32.1 Å². The van der Waals surface area contributed by atoms with Gasteiger partial charge in [0.25, 0.3) is 0 Å². The van der Waals surface area contributed by atoms with Crippen molar-refractivity contribution in [1.82, 2.24) is 14.9 Å². The molecule has 2 aromatic heterocycles. The second-order valence-corrected chi connectivity index (χ2v) is 5.78. The molecule has 1 fully saturated rings. The molecule has 6 nitrogen and oxygen atoms in total. The van der Waals surface area contributed by atoms with Crippen LogP contribution < -0.4 is 5.32 Å². The van der Waals surface area contributed by atoms with Crippen LogP contribution in [0.3, 0.4) is 0 Å². The highest BCUT2D eigenvalue weighted by atomic mass is 16.2. The number of nitrogens with zero attached hydrogens (tertiary/aromatic N) is 3. The third-order valence-corrected chi connectivity index (χ3v) is 4.07. The molecule has 0 spiro atoms. The number of likely N-dealkylation sites (tertiary alicyclic amines) is 1. The van der Waals surface area contributed by atoms with Crippen molar-refractivity contribution in [3.05, 3.63) is 30.7 Å². The van der Waals surface area contributed by atoms with E-state index in [1.54, 1.807) is 35.6 Å². The van der Waals surface area contributed by atoms with Crippen LogP contribution in [0.4, 0.5) is 5.69 Å². The molecular formula is C17H20N4O2. The van der Waals surface area contributed by atoms with Gasteiger partial charge in [0.1, 0.15) is 0 Å². The van der Waals surface area contributed by atoms with Crippen LogP contribution in [0.2, 0.25) is 0 Å². The van der Waals surface area contributed by atoms with Gasteiger partial charge in [-0.2, -0.15) is 0 Å². The summed E-state index contributed by atoms with van der Waals surface area (Å²) in [6.45, 7) is 0.758. The first-order chi connectivity index (χ1) is 11.2. The van der Waals surface area contributed by atoms with E-state index in [0.717, 1.165) is 36.6 Å². The Morgan fingerprint density at radius 1 is 1.17 bits per heavy atom. The molecule has 0 unspecified atom stereocenters. The molecule has 3 heterocycles. The third-order valence-electron chi connectivity index (χ3n) is 4.07. The highest BCUT2D eigenvalue weighted by molar-refractivity contribution is 6.01. The maximum Gasteiger partial charge on any atom is 0.244 e. The molecule has 6 heteroatoms.